The molecule has 0 saturated heterocycles. The van der Waals surface area contributed by atoms with Crippen LogP contribution in [0.4, 0.5) is 26.3 Å². The van der Waals surface area contributed by atoms with Gasteiger partial charge in [-0.05, 0) is 51.3 Å². The van der Waals surface area contributed by atoms with Gasteiger partial charge in [0, 0.05) is 18.3 Å². The van der Waals surface area contributed by atoms with Crippen LogP contribution in [0.15, 0.2) is 29.3 Å². The number of aliphatic carboxylic acids is 1. The predicted molar refractivity (Wildman–Crippen MR) is 106 cm³/mol. The lowest BCUT2D eigenvalue weighted by Gasteiger charge is -2.32. The molecule has 7 nitrogen and oxygen atoms in total. The van der Waals surface area contributed by atoms with Crippen molar-refractivity contribution < 1.29 is 44.7 Å². The molecule has 3 rings (SSSR count). The number of carbonyl (C=O) groups is 1. The van der Waals surface area contributed by atoms with Crippen LogP contribution in [0.5, 0.6) is 0 Å². The maximum Gasteiger partial charge on any atom is 0.416 e. The highest BCUT2D eigenvalue weighted by molar-refractivity contribution is 7.89. The van der Waals surface area contributed by atoms with Crippen molar-refractivity contribution >= 4 is 16.0 Å². The number of sulfonamides is 1. The second-order valence-corrected chi connectivity index (χ2v) is 10.5. The summed E-state index contributed by atoms with van der Waals surface area (Å²) in [6.07, 6.45) is -8.14. The van der Waals surface area contributed by atoms with Crippen molar-refractivity contribution in [2.45, 2.75) is 61.9 Å². The lowest BCUT2D eigenvalue weighted by molar-refractivity contribution is -0.146. The minimum atomic E-state index is -5.20. The standard InChI is InChI=1S/C20H21F6N3O4S/c1-18(2,17(30)31)29-16-6-4-5-15(14(16)10-27-29)28(3)34(32,33)13-8-11(19(21,22)23)7-12(9-13)20(24,25)26/h7-10,15H,4-6H2,1-3H3,(H,30,31)/t15-/m1/s1. The Morgan fingerprint density at radius 2 is 1.62 bits per heavy atom. The first-order chi connectivity index (χ1) is 15.4. The molecule has 0 amide bonds. The van der Waals surface area contributed by atoms with Crippen molar-refractivity contribution in [1.29, 1.82) is 0 Å². The Morgan fingerprint density at radius 3 is 2.09 bits per heavy atom. The minimum Gasteiger partial charge on any atom is -0.479 e. The van der Waals surface area contributed by atoms with Crippen LogP contribution in [0.3, 0.4) is 0 Å². The zero-order chi connectivity index (χ0) is 25.9. The molecule has 1 aliphatic rings. The number of benzene rings is 1. The van der Waals surface area contributed by atoms with E-state index in [1.54, 1.807) is 0 Å². The maximum atomic E-state index is 13.2. The summed E-state index contributed by atoms with van der Waals surface area (Å²) in [5.74, 6) is -1.19. The molecule has 34 heavy (non-hydrogen) atoms. The first kappa shape index (κ1) is 26.0. The summed E-state index contributed by atoms with van der Waals surface area (Å²) in [4.78, 5) is 10.5. The van der Waals surface area contributed by atoms with Gasteiger partial charge in [-0.25, -0.2) is 13.2 Å². The second kappa shape index (κ2) is 8.26. The number of halogens is 6. The molecule has 1 aliphatic carbocycles. The SMILES string of the molecule is CN([C@@H]1CCCc2c1cnn2C(C)(C)C(=O)O)S(=O)(=O)c1cc(C(F)(F)F)cc(C(F)(F)F)c1. The maximum absolute atomic E-state index is 13.2. The number of aromatic nitrogens is 2. The summed E-state index contributed by atoms with van der Waals surface area (Å²) in [7, 11) is -3.75. The number of fused-ring (bicyclic) bond motifs is 1. The molecule has 1 aromatic carbocycles. The van der Waals surface area contributed by atoms with Gasteiger partial charge in [-0.2, -0.15) is 35.7 Å². The van der Waals surface area contributed by atoms with Gasteiger partial charge in [-0.15, -0.1) is 0 Å². The van der Waals surface area contributed by atoms with E-state index in [4.69, 9.17) is 0 Å². The molecule has 0 spiro atoms. The van der Waals surface area contributed by atoms with Crippen molar-refractivity contribution in [2.75, 3.05) is 7.05 Å². The molecule has 2 aromatic rings. The van der Waals surface area contributed by atoms with E-state index in [1.807, 2.05) is 0 Å². The third-order valence-corrected chi connectivity index (χ3v) is 7.73. The first-order valence-electron chi connectivity index (χ1n) is 9.96. The Labute approximate surface area is 191 Å². The summed E-state index contributed by atoms with van der Waals surface area (Å²) in [6, 6.07) is -0.768. The molecule has 0 fully saturated rings. The molecular weight excluding hydrogens is 492 g/mol. The fourth-order valence-electron chi connectivity index (χ4n) is 3.89. The normalized spacial score (nSPS) is 17.6. The van der Waals surface area contributed by atoms with E-state index >= 15 is 0 Å². The highest BCUT2D eigenvalue weighted by atomic mass is 32.2. The summed E-state index contributed by atoms with van der Waals surface area (Å²) in [6.45, 7) is 2.79. The van der Waals surface area contributed by atoms with Crippen LogP contribution in [0.25, 0.3) is 0 Å². The number of carboxylic acid groups (broad SMARTS) is 1. The molecule has 0 radical (unpaired) electrons. The second-order valence-electron chi connectivity index (χ2n) is 8.49. The minimum absolute atomic E-state index is 0.143. The molecule has 0 bridgehead atoms. The molecular formula is C20H21F6N3O4S. The number of hydrogen-bond donors (Lipinski definition) is 1. The van der Waals surface area contributed by atoms with Crippen LogP contribution in [0.2, 0.25) is 0 Å². The Morgan fingerprint density at radius 1 is 1.09 bits per heavy atom. The smallest absolute Gasteiger partial charge is 0.416 e. The lowest BCUT2D eigenvalue weighted by atomic mass is 9.92. The van der Waals surface area contributed by atoms with Gasteiger partial charge in [0.25, 0.3) is 0 Å². The molecule has 1 atom stereocenters. The van der Waals surface area contributed by atoms with Gasteiger partial charge in [0.1, 0.15) is 0 Å². The predicted octanol–water partition coefficient (Wildman–Crippen LogP) is 4.44. The molecule has 0 unspecified atom stereocenters. The van der Waals surface area contributed by atoms with E-state index in [0.717, 1.165) is 7.05 Å². The Balaban J connectivity index is 2.10. The van der Waals surface area contributed by atoms with Gasteiger partial charge in [-0.3, -0.25) is 4.68 Å². The Kier molecular flexibility index (Phi) is 6.31. The van der Waals surface area contributed by atoms with Crippen molar-refractivity contribution in [2.24, 2.45) is 0 Å². The Hall–Kier alpha value is -2.61. The van der Waals surface area contributed by atoms with Crippen LogP contribution < -0.4 is 0 Å². The monoisotopic (exact) mass is 513 g/mol. The van der Waals surface area contributed by atoms with E-state index in [-0.39, 0.29) is 24.6 Å². The van der Waals surface area contributed by atoms with Gasteiger partial charge >= 0.3 is 18.3 Å². The van der Waals surface area contributed by atoms with Gasteiger partial charge in [0.15, 0.2) is 5.54 Å². The van der Waals surface area contributed by atoms with Crippen LogP contribution >= 0.6 is 0 Å². The van der Waals surface area contributed by atoms with Gasteiger partial charge < -0.3 is 5.11 Å². The summed E-state index contributed by atoms with van der Waals surface area (Å²) in [5, 5.41) is 13.6. The summed E-state index contributed by atoms with van der Waals surface area (Å²) < 4.78 is 108. The zero-order valence-corrected chi connectivity index (χ0v) is 19.0. The molecule has 1 aromatic heterocycles. The number of nitrogens with zero attached hydrogens (tertiary/aromatic N) is 3. The molecule has 1 N–H and O–H groups in total. The van der Waals surface area contributed by atoms with Crippen LogP contribution in [0.1, 0.15) is 55.1 Å². The van der Waals surface area contributed by atoms with E-state index in [9.17, 15) is 44.7 Å². The highest BCUT2D eigenvalue weighted by Crippen LogP contribution is 2.41. The van der Waals surface area contributed by atoms with E-state index < -0.39 is 55.9 Å². The number of alkyl halides is 6. The van der Waals surface area contributed by atoms with Crippen molar-refractivity contribution in [3.63, 3.8) is 0 Å². The van der Waals surface area contributed by atoms with Crippen LogP contribution in [0, 0.1) is 0 Å². The molecule has 14 heteroatoms. The number of carboxylic acids is 1. The first-order valence-corrected chi connectivity index (χ1v) is 11.4. The van der Waals surface area contributed by atoms with Gasteiger partial charge in [-0.1, -0.05) is 0 Å². The van der Waals surface area contributed by atoms with Crippen molar-refractivity contribution in [1.82, 2.24) is 14.1 Å². The average Bonchev–Trinajstić information content (AvgIpc) is 3.16. The van der Waals surface area contributed by atoms with E-state index in [0.29, 0.717) is 28.4 Å². The van der Waals surface area contributed by atoms with Crippen molar-refractivity contribution in [3.8, 4) is 0 Å². The van der Waals surface area contributed by atoms with Gasteiger partial charge in [0.05, 0.1) is 28.3 Å². The third-order valence-electron chi connectivity index (χ3n) is 5.88. The van der Waals surface area contributed by atoms with Crippen molar-refractivity contribution in [3.05, 3.63) is 46.8 Å². The zero-order valence-electron chi connectivity index (χ0n) is 18.2. The quantitative estimate of drug-likeness (QED) is 0.597. The van der Waals surface area contributed by atoms with Crippen LogP contribution in [-0.4, -0.2) is 40.6 Å². The number of rotatable bonds is 5. The van der Waals surface area contributed by atoms with Crippen LogP contribution in [-0.2, 0) is 39.1 Å². The largest absolute Gasteiger partial charge is 0.479 e. The van der Waals surface area contributed by atoms with Gasteiger partial charge in [0.2, 0.25) is 10.0 Å². The van der Waals surface area contributed by atoms with E-state index in [1.165, 1.54) is 24.7 Å². The van der Waals surface area contributed by atoms with E-state index in [2.05, 4.69) is 5.10 Å². The fourth-order valence-corrected chi connectivity index (χ4v) is 5.33. The number of hydrogen-bond acceptors (Lipinski definition) is 4. The molecule has 0 saturated carbocycles. The molecule has 1 heterocycles. The third kappa shape index (κ3) is 4.52. The average molecular weight is 513 g/mol. The summed E-state index contributed by atoms with van der Waals surface area (Å²) in [5.41, 5.74) is -4.17. The highest BCUT2D eigenvalue weighted by Gasteiger charge is 2.41. The molecule has 0 aliphatic heterocycles. The lowest BCUT2D eigenvalue weighted by Crippen LogP contribution is -2.39. The Bertz CT molecular complexity index is 1190. The summed E-state index contributed by atoms with van der Waals surface area (Å²) >= 11 is 0. The fraction of sp³-hybridized carbons (Fsp3) is 0.500. The topological polar surface area (TPSA) is 92.5 Å². The molecule has 188 valence electrons.